The zero-order chi connectivity index (χ0) is 17.1. The van der Waals surface area contributed by atoms with Gasteiger partial charge < -0.3 is 14.4 Å². The molecule has 1 saturated heterocycles. The fraction of sp³-hybridized carbons (Fsp3) is 0.368. The molecule has 4 rings (SSSR count). The number of carbonyl (C=O) groups excluding carboxylic acids is 1. The van der Waals surface area contributed by atoms with Gasteiger partial charge in [0, 0.05) is 36.5 Å². The maximum Gasteiger partial charge on any atom is 0.231 e. The van der Waals surface area contributed by atoms with E-state index in [1.54, 1.807) is 12.4 Å². The number of pyridine rings is 1. The summed E-state index contributed by atoms with van der Waals surface area (Å²) in [5.41, 5.74) is 2.22. The Balaban J connectivity index is 1.39. The number of aromatic nitrogens is 1. The molecule has 1 fully saturated rings. The van der Waals surface area contributed by atoms with Crippen molar-refractivity contribution in [2.45, 2.75) is 18.1 Å². The third-order valence-electron chi connectivity index (χ3n) is 4.54. The number of carbonyl (C=O) groups is 1. The molecule has 1 atom stereocenters. The third kappa shape index (κ3) is 3.74. The zero-order valence-corrected chi connectivity index (χ0v) is 14.7. The smallest absolute Gasteiger partial charge is 0.231 e. The van der Waals surface area contributed by atoms with Crippen molar-refractivity contribution in [2.75, 3.05) is 25.6 Å². The quantitative estimate of drug-likeness (QED) is 0.846. The minimum atomic E-state index is 0.180. The van der Waals surface area contributed by atoms with Crippen LogP contribution in [0.4, 0.5) is 0 Å². The Morgan fingerprint density at radius 1 is 1.24 bits per heavy atom. The van der Waals surface area contributed by atoms with Crippen molar-refractivity contribution in [3.63, 3.8) is 0 Å². The van der Waals surface area contributed by atoms with Crippen LogP contribution in [0.3, 0.4) is 0 Å². The number of ether oxygens (including phenoxy) is 2. The largest absolute Gasteiger partial charge is 0.454 e. The van der Waals surface area contributed by atoms with Crippen LogP contribution in [0, 0.1) is 0 Å². The lowest BCUT2D eigenvalue weighted by atomic mass is 10.1. The fourth-order valence-corrected chi connectivity index (χ4v) is 4.41. The van der Waals surface area contributed by atoms with E-state index < -0.39 is 0 Å². The molecule has 130 valence electrons. The molecular weight excluding hydrogens is 336 g/mol. The van der Waals surface area contributed by atoms with Crippen molar-refractivity contribution in [3.8, 4) is 11.5 Å². The Bertz CT molecular complexity index is 754. The lowest BCUT2D eigenvalue weighted by Crippen LogP contribution is -2.34. The standard InChI is InChI=1S/C19H20N2O3S/c22-19(10-14-2-1-6-20-12-14)21-7-5-18(25-9-8-21)15-3-4-16-17(11-15)24-13-23-16/h1-4,6,11-12,18H,5,7-10,13H2. The molecule has 0 radical (unpaired) electrons. The molecule has 0 N–H and O–H groups in total. The predicted octanol–water partition coefficient (Wildman–Crippen LogP) is 3.06. The van der Waals surface area contributed by atoms with Gasteiger partial charge in [-0.2, -0.15) is 11.8 Å². The van der Waals surface area contributed by atoms with Crippen LogP contribution >= 0.6 is 11.8 Å². The van der Waals surface area contributed by atoms with Gasteiger partial charge in [-0.1, -0.05) is 12.1 Å². The van der Waals surface area contributed by atoms with Gasteiger partial charge in [-0.25, -0.2) is 0 Å². The van der Waals surface area contributed by atoms with E-state index >= 15 is 0 Å². The van der Waals surface area contributed by atoms with Crippen LogP contribution in [0.25, 0.3) is 0 Å². The second kappa shape index (κ2) is 7.35. The fourth-order valence-electron chi connectivity index (χ4n) is 3.19. The molecule has 1 aromatic carbocycles. The average molecular weight is 356 g/mol. The molecule has 3 heterocycles. The number of amides is 1. The number of rotatable bonds is 3. The normalized spacial score (nSPS) is 19.5. The minimum absolute atomic E-state index is 0.180. The Labute approximate surface area is 151 Å². The van der Waals surface area contributed by atoms with E-state index in [4.69, 9.17) is 9.47 Å². The highest BCUT2D eigenvalue weighted by atomic mass is 32.2. The number of fused-ring (bicyclic) bond motifs is 1. The Morgan fingerprint density at radius 3 is 3.04 bits per heavy atom. The van der Waals surface area contributed by atoms with Gasteiger partial charge in [0.2, 0.25) is 12.7 Å². The van der Waals surface area contributed by atoms with E-state index in [0.29, 0.717) is 18.5 Å². The maximum atomic E-state index is 12.6. The first-order valence-corrected chi connectivity index (χ1v) is 9.52. The van der Waals surface area contributed by atoms with Gasteiger partial charge >= 0.3 is 0 Å². The Hall–Kier alpha value is -2.21. The highest BCUT2D eigenvalue weighted by Crippen LogP contribution is 2.40. The summed E-state index contributed by atoms with van der Waals surface area (Å²) in [4.78, 5) is 18.6. The van der Waals surface area contributed by atoms with Crippen LogP contribution < -0.4 is 9.47 Å². The van der Waals surface area contributed by atoms with E-state index in [0.717, 1.165) is 42.3 Å². The molecule has 2 aliphatic rings. The second-order valence-electron chi connectivity index (χ2n) is 6.18. The van der Waals surface area contributed by atoms with Gasteiger partial charge in [-0.05, 0) is 35.7 Å². The molecule has 2 aliphatic heterocycles. The minimum Gasteiger partial charge on any atom is -0.454 e. The summed E-state index contributed by atoms with van der Waals surface area (Å²) in [7, 11) is 0. The van der Waals surface area contributed by atoms with Crippen LogP contribution in [0.1, 0.15) is 22.8 Å². The van der Waals surface area contributed by atoms with Gasteiger partial charge in [0.05, 0.1) is 6.42 Å². The lowest BCUT2D eigenvalue weighted by Gasteiger charge is -2.20. The van der Waals surface area contributed by atoms with Crippen LogP contribution in [-0.2, 0) is 11.2 Å². The Kier molecular flexibility index (Phi) is 4.78. The van der Waals surface area contributed by atoms with E-state index in [9.17, 15) is 4.79 Å². The van der Waals surface area contributed by atoms with Gasteiger partial charge in [0.1, 0.15) is 0 Å². The number of benzene rings is 1. The van der Waals surface area contributed by atoms with Gasteiger partial charge in [0.25, 0.3) is 0 Å². The number of hydrogen-bond acceptors (Lipinski definition) is 5. The molecule has 0 bridgehead atoms. The first-order chi connectivity index (χ1) is 12.3. The predicted molar refractivity (Wildman–Crippen MR) is 96.9 cm³/mol. The van der Waals surface area contributed by atoms with Gasteiger partial charge in [0.15, 0.2) is 11.5 Å². The molecule has 1 aromatic heterocycles. The average Bonchev–Trinajstić information content (AvgIpc) is 2.97. The SMILES string of the molecule is O=C(Cc1cccnc1)N1CCSC(c2ccc3c(c2)OCO3)CC1. The van der Waals surface area contributed by atoms with Crippen molar-refractivity contribution in [1.82, 2.24) is 9.88 Å². The molecule has 1 unspecified atom stereocenters. The topological polar surface area (TPSA) is 51.7 Å². The molecule has 0 aliphatic carbocycles. The molecule has 6 heteroatoms. The van der Waals surface area contributed by atoms with Crippen molar-refractivity contribution >= 4 is 17.7 Å². The molecule has 2 aromatic rings. The summed E-state index contributed by atoms with van der Waals surface area (Å²) in [5.74, 6) is 2.76. The van der Waals surface area contributed by atoms with Crippen molar-refractivity contribution in [2.24, 2.45) is 0 Å². The summed E-state index contributed by atoms with van der Waals surface area (Å²) < 4.78 is 10.9. The molecule has 0 spiro atoms. The summed E-state index contributed by atoms with van der Waals surface area (Å²) in [6.45, 7) is 1.88. The van der Waals surface area contributed by atoms with E-state index in [1.807, 2.05) is 34.9 Å². The third-order valence-corrected chi connectivity index (χ3v) is 5.87. The van der Waals surface area contributed by atoms with Crippen LogP contribution in [-0.4, -0.2) is 41.4 Å². The number of hydrogen-bond donors (Lipinski definition) is 0. The van der Waals surface area contributed by atoms with Crippen molar-refractivity contribution in [1.29, 1.82) is 0 Å². The molecular formula is C19H20N2O3S. The summed E-state index contributed by atoms with van der Waals surface area (Å²) in [6, 6.07) is 9.99. The zero-order valence-electron chi connectivity index (χ0n) is 13.9. The monoisotopic (exact) mass is 356 g/mol. The van der Waals surface area contributed by atoms with Crippen LogP contribution in [0.15, 0.2) is 42.7 Å². The van der Waals surface area contributed by atoms with Gasteiger partial charge in [-0.3, -0.25) is 9.78 Å². The Morgan fingerprint density at radius 2 is 2.16 bits per heavy atom. The maximum absolute atomic E-state index is 12.6. The van der Waals surface area contributed by atoms with Crippen molar-refractivity contribution < 1.29 is 14.3 Å². The van der Waals surface area contributed by atoms with E-state index in [1.165, 1.54) is 5.56 Å². The van der Waals surface area contributed by atoms with E-state index in [2.05, 4.69) is 17.1 Å². The second-order valence-corrected chi connectivity index (χ2v) is 7.49. The van der Waals surface area contributed by atoms with Gasteiger partial charge in [-0.15, -0.1) is 0 Å². The summed E-state index contributed by atoms with van der Waals surface area (Å²) >= 11 is 1.91. The van der Waals surface area contributed by atoms with E-state index in [-0.39, 0.29) is 5.91 Å². The highest BCUT2D eigenvalue weighted by Gasteiger charge is 2.24. The number of nitrogens with zero attached hydrogens (tertiary/aromatic N) is 2. The molecule has 1 amide bonds. The first kappa shape index (κ1) is 16.3. The highest BCUT2D eigenvalue weighted by molar-refractivity contribution is 7.99. The summed E-state index contributed by atoms with van der Waals surface area (Å²) in [5, 5.41) is 0.380. The molecule has 5 nitrogen and oxygen atoms in total. The number of thioether (sulfide) groups is 1. The van der Waals surface area contributed by atoms with Crippen LogP contribution in [0.5, 0.6) is 11.5 Å². The van der Waals surface area contributed by atoms with Crippen LogP contribution in [0.2, 0.25) is 0 Å². The molecule has 25 heavy (non-hydrogen) atoms. The van der Waals surface area contributed by atoms with Crippen molar-refractivity contribution in [3.05, 3.63) is 53.9 Å². The lowest BCUT2D eigenvalue weighted by molar-refractivity contribution is -0.130. The molecule has 0 saturated carbocycles. The first-order valence-electron chi connectivity index (χ1n) is 8.47. The summed E-state index contributed by atoms with van der Waals surface area (Å²) in [6.07, 6.45) is 4.86.